The van der Waals surface area contributed by atoms with Crippen LogP contribution in [0.25, 0.3) is 16.9 Å². The lowest BCUT2D eigenvalue weighted by Gasteiger charge is -2.05. The molecule has 0 bridgehead atoms. The summed E-state index contributed by atoms with van der Waals surface area (Å²) >= 11 is 0. The molecule has 2 N–H and O–H groups in total. The average Bonchev–Trinajstić information content (AvgIpc) is 2.85. The Hall–Kier alpha value is -2.62. The van der Waals surface area contributed by atoms with E-state index in [9.17, 15) is 0 Å². The Morgan fingerprint density at radius 2 is 1.70 bits per heavy atom. The van der Waals surface area contributed by atoms with Gasteiger partial charge in [0.15, 0.2) is 5.82 Å². The molecule has 0 saturated heterocycles. The molecule has 4 nitrogen and oxygen atoms in total. The van der Waals surface area contributed by atoms with Gasteiger partial charge in [0.05, 0.1) is 5.69 Å². The lowest BCUT2D eigenvalue weighted by atomic mass is 10.0. The highest BCUT2D eigenvalue weighted by atomic mass is 15.5. The first-order chi connectivity index (χ1) is 9.66. The van der Waals surface area contributed by atoms with Gasteiger partial charge in [-0.2, -0.15) is 4.68 Å². The number of nitrogens with zero attached hydrogens (tertiary/aromatic N) is 3. The second kappa shape index (κ2) is 4.81. The van der Waals surface area contributed by atoms with Crippen molar-refractivity contribution in [3.05, 3.63) is 59.7 Å². The van der Waals surface area contributed by atoms with Crippen LogP contribution in [0, 0.1) is 13.8 Å². The summed E-state index contributed by atoms with van der Waals surface area (Å²) < 4.78 is 1.66. The van der Waals surface area contributed by atoms with Crippen LogP contribution in [0.2, 0.25) is 0 Å². The second-order valence-corrected chi connectivity index (χ2v) is 4.87. The van der Waals surface area contributed by atoms with E-state index in [2.05, 4.69) is 36.3 Å². The minimum absolute atomic E-state index is 0.555. The molecule has 0 unspecified atom stereocenters. The minimum atomic E-state index is 0.555. The highest BCUT2D eigenvalue weighted by Gasteiger charge is 2.13. The second-order valence-electron chi connectivity index (χ2n) is 4.87. The monoisotopic (exact) mass is 264 g/mol. The van der Waals surface area contributed by atoms with Crippen LogP contribution < -0.4 is 5.73 Å². The molecule has 4 heteroatoms. The van der Waals surface area contributed by atoms with Gasteiger partial charge in [0.2, 0.25) is 0 Å². The zero-order valence-corrected chi connectivity index (χ0v) is 11.5. The zero-order chi connectivity index (χ0) is 14.1. The Balaban J connectivity index is 2.08. The maximum Gasteiger partial charge on any atom is 0.155 e. The van der Waals surface area contributed by atoms with Crippen molar-refractivity contribution in [3.8, 4) is 16.9 Å². The third-order valence-corrected chi connectivity index (χ3v) is 3.49. The van der Waals surface area contributed by atoms with Crippen molar-refractivity contribution in [3.63, 3.8) is 0 Å². The fourth-order valence-corrected chi connectivity index (χ4v) is 2.14. The zero-order valence-electron chi connectivity index (χ0n) is 11.5. The van der Waals surface area contributed by atoms with E-state index in [-0.39, 0.29) is 0 Å². The van der Waals surface area contributed by atoms with Gasteiger partial charge < -0.3 is 5.73 Å². The predicted molar refractivity (Wildman–Crippen MR) is 80.7 cm³/mol. The summed E-state index contributed by atoms with van der Waals surface area (Å²) in [6, 6.07) is 16.0. The van der Waals surface area contributed by atoms with Crippen LogP contribution >= 0.6 is 0 Å². The first-order valence-corrected chi connectivity index (χ1v) is 6.51. The van der Waals surface area contributed by atoms with Gasteiger partial charge in [-0.3, -0.25) is 0 Å². The van der Waals surface area contributed by atoms with Crippen molar-refractivity contribution < 1.29 is 0 Å². The molecule has 20 heavy (non-hydrogen) atoms. The van der Waals surface area contributed by atoms with Crippen LogP contribution in [-0.2, 0) is 0 Å². The molecule has 0 spiro atoms. The fraction of sp³-hybridized carbons (Fsp3) is 0.125. The number of rotatable bonds is 2. The molecule has 0 aliphatic carbocycles. The molecule has 0 fully saturated rings. The summed E-state index contributed by atoms with van der Waals surface area (Å²) in [4.78, 5) is 0. The molecule has 0 atom stereocenters. The van der Waals surface area contributed by atoms with Crippen LogP contribution in [0.15, 0.2) is 48.5 Å². The summed E-state index contributed by atoms with van der Waals surface area (Å²) in [5.74, 6) is 0.555. The molecule has 2 aromatic carbocycles. The topological polar surface area (TPSA) is 56.7 Å². The standard InChI is InChI=1S/C16H16N4/c1-11-8-9-13(10-12(11)2)15-16(17)20(19-18-15)14-6-4-3-5-7-14/h3-10H,17H2,1-2H3. The van der Waals surface area contributed by atoms with Gasteiger partial charge in [0.25, 0.3) is 0 Å². The first kappa shape index (κ1) is 12.4. The molecule has 0 aliphatic heterocycles. The van der Waals surface area contributed by atoms with Gasteiger partial charge in [-0.1, -0.05) is 35.5 Å². The number of anilines is 1. The minimum Gasteiger partial charge on any atom is -0.382 e. The van der Waals surface area contributed by atoms with Crippen LogP contribution in [-0.4, -0.2) is 15.0 Å². The maximum absolute atomic E-state index is 6.19. The Morgan fingerprint density at radius 3 is 2.40 bits per heavy atom. The van der Waals surface area contributed by atoms with E-state index < -0.39 is 0 Å². The number of nitrogen functional groups attached to an aromatic ring is 1. The quantitative estimate of drug-likeness (QED) is 0.773. The Bertz CT molecular complexity index is 744. The molecular formula is C16H16N4. The Morgan fingerprint density at radius 1 is 0.950 bits per heavy atom. The average molecular weight is 264 g/mol. The van der Waals surface area contributed by atoms with Gasteiger partial charge in [0.1, 0.15) is 5.69 Å². The van der Waals surface area contributed by atoms with Gasteiger partial charge in [0, 0.05) is 5.56 Å². The van der Waals surface area contributed by atoms with Gasteiger partial charge in [-0.05, 0) is 43.2 Å². The van der Waals surface area contributed by atoms with E-state index in [1.807, 2.05) is 36.4 Å². The number of benzene rings is 2. The van der Waals surface area contributed by atoms with Crippen molar-refractivity contribution in [2.75, 3.05) is 5.73 Å². The van der Waals surface area contributed by atoms with Crippen molar-refractivity contribution in [2.24, 2.45) is 0 Å². The fourth-order valence-electron chi connectivity index (χ4n) is 2.14. The van der Waals surface area contributed by atoms with Crippen LogP contribution in [0.1, 0.15) is 11.1 Å². The largest absolute Gasteiger partial charge is 0.382 e. The molecule has 100 valence electrons. The molecular weight excluding hydrogens is 248 g/mol. The highest BCUT2D eigenvalue weighted by Crippen LogP contribution is 2.26. The molecule has 0 saturated carbocycles. The van der Waals surface area contributed by atoms with E-state index in [0.717, 1.165) is 16.9 Å². The van der Waals surface area contributed by atoms with E-state index in [1.165, 1.54) is 11.1 Å². The smallest absolute Gasteiger partial charge is 0.155 e. The number of hydrogen-bond donors (Lipinski definition) is 1. The third kappa shape index (κ3) is 2.05. The van der Waals surface area contributed by atoms with E-state index in [4.69, 9.17) is 5.73 Å². The number of aryl methyl sites for hydroxylation is 2. The SMILES string of the molecule is Cc1ccc(-c2nnn(-c3ccccc3)c2N)cc1C. The molecule has 0 radical (unpaired) electrons. The van der Waals surface area contributed by atoms with Crippen molar-refractivity contribution in [1.29, 1.82) is 0 Å². The van der Waals surface area contributed by atoms with Gasteiger partial charge in [-0.15, -0.1) is 5.10 Å². The predicted octanol–water partition coefficient (Wildman–Crippen LogP) is 3.13. The normalized spacial score (nSPS) is 10.7. The van der Waals surface area contributed by atoms with Crippen LogP contribution in [0.3, 0.4) is 0 Å². The summed E-state index contributed by atoms with van der Waals surface area (Å²) in [7, 11) is 0. The number of aromatic nitrogens is 3. The van der Waals surface area contributed by atoms with Crippen molar-refractivity contribution in [1.82, 2.24) is 15.0 Å². The molecule has 0 aliphatic rings. The maximum atomic E-state index is 6.19. The molecule has 0 amide bonds. The number of para-hydroxylation sites is 1. The van der Waals surface area contributed by atoms with Crippen molar-refractivity contribution >= 4 is 5.82 Å². The summed E-state index contributed by atoms with van der Waals surface area (Å²) in [5.41, 5.74) is 11.3. The lowest BCUT2D eigenvalue weighted by Crippen LogP contribution is -2.02. The van der Waals surface area contributed by atoms with E-state index in [0.29, 0.717) is 5.82 Å². The van der Waals surface area contributed by atoms with E-state index in [1.54, 1.807) is 4.68 Å². The summed E-state index contributed by atoms with van der Waals surface area (Å²) in [5, 5.41) is 8.38. The molecule has 1 aromatic heterocycles. The summed E-state index contributed by atoms with van der Waals surface area (Å²) in [6.07, 6.45) is 0. The number of nitrogens with two attached hydrogens (primary N) is 1. The Kier molecular flexibility index (Phi) is 2.99. The van der Waals surface area contributed by atoms with Crippen molar-refractivity contribution in [2.45, 2.75) is 13.8 Å². The van der Waals surface area contributed by atoms with Gasteiger partial charge >= 0.3 is 0 Å². The van der Waals surface area contributed by atoms with Crippen LogP contribution in [0.5, 0.6) is 0 Å². The molecule has 1 heterocycles. The third-order valence-electron chi connectivity index (χ3n) is 3.49. The molecule has 3 aromatic rings. The summed E-state index contributed by atoms with van der Waals surface area (Å²) in [6.45, 7) is 4.17. The first-order valence-electron chi connectivity index (χ1n) is 6.51. The lowest BCUT2D eigenvalue weighted by molar-refractivity contribution is 0.810. The molecule has 3 rings (SSSR count). The van der Waals surface area contributed by atoms with Crippen LogP contribution in [0.4, 0.5) is 5.82 Å². The Labute approximate surface area is 117 Å². The van der Waals surface area contributed by atoms with E-state index >= 15 is 0 Å². The van der Waals surface area contributed by atoms with Gasteiger partial charge in [-0.25, -0.2) is 0 Å². The number of hydrogen-bond acceptors (Lipinski definition) is 3. The highest BCUT2D eigenvalue weighted by molar-refractivity contribution is 5.71.